The quantitative estimate of drug-likeness (QED) is 0.0497. The minimum atomic E-state index is -0.164. The van der Waals surface area contributed by atoms with Crippen molar-refractivity contribution in [2.45, 2.75) is 377 Å². The summed E-state index contributed by atoms with van der Waals surface area (Å²) in [5.41, 5.74) is 12.2. The Morgan fingerprint density at radius 3 is 1.12 bits per heavy atom. The second-order valence-electron chi connectivity index (χ2n) is 51.7. The molecule has 0 aromatic carbocycles. The smallest absolute Gasteiger partial charge is 0.219 e. The normalized spacial score (nSPS) is 13.5. The van der Waals surface area contributed by atoms with Gasteiger partial charge in [-0.2, -0.15) is 20.5 Å². The third kappa shape index (κ3) is 68.2. The molecule has 7 aromatic heterocycles. The summed E-state index contributed by atoms with van der Waals surface area (Å²) in [5, 5.41) is 28.3. The van der Waals surface area contributed by atoms with Gasteiger partial charge in [0.15, 0.2) is 0 Å². The Labute approximate surface area is 860 Å². The summed E-state index contributed by atoms with van der Waals surface area (Å²) in [4.78, 5) is 26.3. The topological polar surface area (TPSA) is 160 Å². The average molecular weight is 2040 g/mol. The second-order valence-corrected chi connectivity index (χ2v) is 61.4. The van der Waals surface area contributed by atoms with Gasteiger partial charge in [-0.15, -0.1) is 93.7 Å². The SMILES string of the molecule is CC(C)(C)CSC=Cc1cc(C(C)(C)C)on1.CC(C)(C)CSC=Cc1cc(C(C)(C)C)sn1.CC(C)(C)CSC=Cc1nc(C(C)(C)C)co1.CC(C)(C)CSC=Cc1nc(C(C)(C)C)cs1.CC(C)(C)CSC=Cc1ncc(C(C)(C)C)o1.CC(C)(C)CSC=Cc1nocc1C(C)(C)C.CC(C)(C)CSC=Cc1nscc1C(C)(C)C.CC(C)(C)CSCCC(=O)C(C)(C)C. The van der Waals surface area contributed by atoms with E-state index in [-0.39, 0.29) is 43.3 Å². The van der Waals surface area contributed by atoms with Crippen LogP contribution in [0.3, 0.4) is 0 Å². The average Bonchev–Trinajstić information content (AvgIpc) is 1.65. The van der Waals surface area contributed by atoms with Crippen molar-refractivity contribution in [3.05, 3.63) is 158 Å². The van der Waals surface area contributed by atoms with E-state index in [4.69, 9.17) is 17.9 Å². The fourth-order valence-electron chi connectivity index (χ4n) is 9.21. The van der Waals surface area contributed by atoms with Gasteiger partial charge in [-0.05, 0) is 168 Å². The summed E-state index contributed by atoms with van der Waals surface area (Å²) in [6.45, 7) is 105. The van der Waals surface area contributed by atoms with E-state index in [0.717, 1.165) is 102 Å². The molecule has 0 amide bonds. The summed E-state index contributed by atoms with van der Waals surface area (Å²) in [6.07, 6.45) is 20.3. The molecule has 0 saturated heterocycles. The molecular formula is C110H185N7O5S11. The van der Waals surface area contributed by atoms with Crippen molar-refractivity contribution >= 4 is 177 Å². The molecule has 0 aliphatic carbocycles. The van der Waals surface area contributed by atoms with Crippen LogP contribution in [0.25, 0.3) is 42.5 Å². The molecule has 0 aliphatic rings. The lowest BCUT2D eigenvalue weighted by Crippen LogP contribution is -2.20. The molecule has 0 radical (unpaired) electrons. The first-order valence-corrected chi connectivity index (χ1v) is 57.7. The predicted molar refractivity (Wildman–Crippen MR) is 616 cm³/mol. The molecule has 133 heavy (non-hydrogen) atoms. The van der Waals surface area contributed by atoms with Crippen molar-refractivity contribution in [3.63, 3.8) is 0 Å². The zero-order chi connectivity index (χ0) is 103. The number of carbonyl (C=O) groups is 1. The molecule has 0 fully saturated rings. The van der Waals surface area contributed by atoms with Crippen LogP contribution >= 0.6 is 128 Å². The van der Waals surface area contributed by atoms with Crippen LogP contribution in [-0.4, -0.2) is 91.6 Å². The van der Waals surface area contributed by atoms with Crippen LogP contribution in [0.5, 0.6) is 0 Å². The molecular weight excluding hydrogens is 1850 g/mol. The van der Waals surface area contributed by atoms with E-state index in [9.17, 15) is 4.79 Å². The van der Waals surface area contributed by atoms with Crippen molar-refractivity contribution < 1.29 is 22.7 Å². The van der Waals surface area contributed by atoms with Crippen LogP contribution in [0.4, 0.5) is 0 Å². The molecule has 0 spiro atoms. The lowest BCUT2D eigenvalue weighted by molar-refractivity contribution is -0.125. The molecule has 756 valence electrons. The fraction of sp³-hybridized carbons (Fsp3) is 0.673. The number of aromatic nitrogens is 7. The summed E-state index contributed by atoms with van der Waals surface area (Å²) in [6, 6.07) is 4.20. The molecule has 7 heterocycles. The molecule has 0 atom stereocenters. The third-order valence-corrected chi connectivity index (χ3v) is 30.7. The highest BCUT2D eigenvalue weighted by atomic mass is 32.2. The van der Waals surface area contributed by atoms with E-state index in [1.807, 2.05) is 128 Å². The summed E-state index contributed by atoms with van der Waals surface area (Å²) < 4.78 is 30.4. The van der Waals surface area contributed by atoms with Gasteiger partial charge in [-0.25, -0.2) is 15.0 Å². The Morgan fingerprint density at radius 2 is 0.759 bits per heavy atom. The van der Waals surface area contributed by atoms with Gasteiger partial charge in [0.2, 0.25) is 11.8 Å². The first kappa shape index (κ1) is 129. The molecule has 0 unspecified atom stereocenters. The van der Waals surface area contributed by atoms with Crippen molar-refractivity contribution in [2.75, 3.05) is 51.8 Å². The first-order chi connectivity index (χ1) is 59.9. The third-order valence-electron chi connectivity index (χ3n) is 16.9. The Hall–Kier alpha value is -3.62. The number of nitrogens with zero attached hydrogens (tertiary/aromatic N) is 7. The molecule has 0 saturated carbocycles. The number of thioether (sulfide) groups is 8. The van der Waals surface area contributed by atoms with Crippen molar-refractivity contribution in [2.24, 2.45) is 48.7 Å². The first-order valence-electron chi connectivity index (χ1n) is 46.8. The Morgan fingerprint density at radius 1 is 0.361 bits per heavy atom. The van der Waals surface area contributed by atoms with Crippen LogP contribution in [0.15, 0.2) is 97.4 Å². The van der Waals surface area contributed by atoms with Crippen LogP contribution in [-0.2, 0) is 42.7 Å². The number of ketones is 1. The highest BCUT2D eigenvalue weighted by molar-refractivity contribution is 8.03. The molecule has 0 N–H and O–H groups in total. The predicted octanol–water partition coefficient (Wildman–Crippen LogP) is 38.2. The van der Waals surface area contributed by atoms with Crippen LogP contribution in [0.2, 0.25) is 0 Å². The summed E-state index contributed by atoms with van der Waals surface area (Å²) >= 11 is 19.5. The van der Waals surface area contributed by atoms with Gasteiger partial charge in [-0.3, -0.25) is 4.79 Å². The molecule has 7 rings (SSSR count). The molecule has 0 bridgehead atoms. The second kappa shape index (κ2) is 57.5. The van der Waals surface area contributed by atoms with Gasteiger partial charge in [0.1, 0.15) is 46.2 Å². The monoisotopic (exact) mass is 2040 g/mol. The van der Waals surface area contributed by atoms with Gasteiger partial charge < -0.3 is 17.9 Å². The minimum Gasteiger partial charge on any atom is -0.445 e. The standard InChI is InChI=1S/4C14H23NOS.3C14H23NS2.C12H24OS/c1-13(2,3)10-17-8-7-12-15-11(9-16-12)14(4,5)6;1-13(2,3)10-17-8-7-12-15-9-11(16-12)14(4,5)6;1-13(2,3)10-17-8-7-12-11(9-16-15-12)14(4,5)6;1-13(2,3)10-17-8-7-11-9-12(16-15-11)14(4,5)6;1-13(2,3)10-16-8-7-12-15-11(9-17-12)14(4,5)6;1-13(2,3)10-16-8-7-12-11(9-17-15-12)14(4,5)6;1-13(2,3)10-16-8-7-11-9-12(17-15-11)14(4,5)6;1-11(2,3)9-14-8-7-10(13)12(4,5)6/h7*7-9H,10H2,1-6H3;7-9H2,1-6H3. The van der Waals surface area contributed by atoms with Crippen LogP contribution in [0, 0.1) is 48.7 Å². The van der Waals surface area contributed by atoms with Crippen molar-refractivity contribution in [3.8, 4) is 0 Å². The molecule has 12 nitrogen and oxygen atoms in total. The Kier molecular flexibility index (Phi) is 55.9. The van der Waals surface area contributed by atoms with Gasteiger partial charge in [0.05, 0.1) is 29.0 Å². The van der Waals surface area contributed by atoms with E-state index in [2.05, 4.69) is 418 Å². The number of Topliss-reactive ketones (excluding diaryl/α,β-unsaturated/α-hetero) is 1. The number of hydrogen-bond acceptors (Lipinski definition) is 23. The summed E-state index contributed by atoms with van der Waals surface area (Å²) in [5.74, 6) is 13.5. The maximum absolute atomic E-state index is 11.6. The highest BCUT2D eigenvalue weighted by Gasteiger charge is 2.27. The van der Waals surface area contributed by atoms with Gasteiger partial charge in [0.25, 0.3) is 0 Å². The van der Waals surface area contributed by atoms with Gasteiger partial charge in [0, 0.05) is 119 Å². The number of rotatable bonds is 25. The van der Waals surface area contributed by atoms with Gasteiger partial charge in [-0.1, -0.05) is 343 Å². The van der Waals surface area contributed by atoms with E-state index < -0.39 is 0 Å². The number of thiazole rings is 1. The van der Waals surface area contributed by atoms with E-state index in [1.54, 1.807) is 70.5 Å². The van der Waals surface area contributed by atoms with Crippen molar-refractivity contribution in [1.29, 1.82) is 0 Å². The maximum Gasteiger partial charge on any atom is 0.219 e. The van der Waals surface area contributed by atoms with Crippen LogP contribution in [0.1, 0.15) is 417 Å². The molecule has 7 aromatic rings. The maximum atomic E-state index is 11.6. The number of oxazole rings is 2. The van der Waals surface area contributed by atoms with E-state index in [1.165, 1.54) is 16.1 Å². The zero-order valence-corrected chi connectivity index (χ0v) is 101. The zero-order valence-electron chi connectivity index (χ0n) is 92.4. The fourth-order valence-corrected chi connectivity index (χ4v) is 18.7. The number of hydrogen-bond donors (Lipinski definition) is 0. The Balaban J connectivity index is 0.00000150. The van der Waals surface area contributed by atoms with Crippen molar-refractivity contribution in [1.82, 2.24) is 34.0 Å². The van der Waals surface area contributed by atoms with E-state index in [0.29, 0.717) is 67.3 Å². The Bertz CT molecular complexity index is 4040. The molecule has 0 aliphatic heterocycles. The summed E-state index contributed by atoms with van der Waals surface area (Å²) in [7, 11) is 0. The molecule has 23 heteroatoms. The largest absolute Gasteiger partial charge is 0.445 e. The van der Waals surface area contributed by atoms with E-state index >= 15 is 0 Å². The van der Waals surface area contributed by atoms with Crippen LogP contribution < -0.4 is 0 Å². The number of carbonyl (C=O) groups excluding carboxylic acids is 1. The lowest BCUT2D eigenvalue weighted by atomic mass is 9.87. The lowest BCUT2D eigenvalue weighted by Gasteiger charge is -2.19. The minimum absolute atomic E-state index is 0.0254. The highest BCUT2D eigenvalue weighted by Crippen LogP contribution is 2.36. The van der Waals surface area contributed by atoms with Gasteiger partial charge >= 0.3 is 0 Å².